The summed E-state index contributed by atoms with van der Waals surface area (Å²) < 4.78 is 42.1. The topological polar surface area (TPSA) is 82.1 Å². The molecular formula is C135H84N6O4S. The van der Waals surface area contributed by atoms with Crippen LogP contribution in [0.1, 0.15) is 25.0 Å². The van der Waals surface area contributed by atoms with Crippen LogP contribution in [0.15, 0.2) is 491 Å². The Bertz CT molecular complexity index is 11300. The first kappa shape index (κ1) is 81.9. The van der Waals surface area contributed by atoms with Crippen molar-refractivity contribution in [1.82, 2.24) is 27.4 Å². The van der Waals surface area contributed by atoms with E-state index in [1.54, 1.807) is 0 Å². The van der Waals surface area contributed by atoms with Crippen LogP contribution >= 0.6 is 11.3 Å². The van der Waals surface area contributed by atoms with Gasteiger partial charge in [-0.05, 0) is 198 Å². The Morgan fingerprint density at radius 2 is 0.418 bits per heavy atom. The number of furan rings is 4. The summed E-state index contributed by atoms with van der Waals surface area (Å²) in [4.78, 5) is 0. The highest BCUT2D eigenvalue weighted by Gasteiger charge is 2.36. The van der Waals surface area contributed by atoms with Gasteiger partial charge in [-0.3, -0.25) is 0 Å². The Balaban J connectivity index is 0.0000000886. The molecule has 146 heavy (non-hydrogen) atoms. The van der Waals surface area contributed by atoms with Crippen molar-refractivity contribution in [1.29, 1.82) is 0 Å². The molecule has 11 aromatic heterocycles. The fourth-order valence-electron chi connectivity index (χ4n) is 24.5. The molecule has 11 heteroatoms. The molecule has 11 heterocycles. The lowest BCUT2D eigenvalue weighted by atomic mass is 9.82. The third kappa shape index (κ3) is 12.2. The molecule has 0 amide bonds. The molecule has 0 N–H and O–H groups in total. The Labute approximate surface area is 837 Å². The number of nitrogens with zero attached hydrogens (tertiary/aromatic N) is 6. The van der Waals surface area contributed by atoms with Gasteiger partial charge < -0.3 is 45.1 Å². The van der Waals surface area contributed by atoms with Gasteiger partial charge in [0.2, 0.25) is 0 Å². The predicted molar refractivity (Wildman–Crippen MR) is 611 cm³/mol. The normalized spacial score (nSPS) is 12.6. The molecule has 0 bridgehead atoms. The van der Waals surface area contributed by atoms with E-state index in [-0.39, 0.29) is 5.41 Å². The molecule has 0 unspecified atom stereocenters. The summed E-state index contributed by atoms with van der Waals surface area (Å²) in [5, 5.41) is 26.9. The van der Waals surface area contributed by atoms with Gasteiger partial charge in [-0.25, -0.2) is 0 Å². The summed E-state index contributed by atoms with van der Waals surface area (Å²) in [6.07, 6.45) is 0. The highest BCUT2D eigenvalue weighted by molar-refractivity contribution is 7.25. The summed E-state index contributed by atoms with van der Waals surface area (Å²) in [5.41, 5.74) is 34.0. The number of aromatic nitrogens is 6. The summed E-state index contributed by atoms with van der Waals surface area (Å²) in [6, 6.07) is 170. The van der Waals surface area contributed by atoms with Crippen LogP contribution in [0, 0.1) is 0 Å². The van der Waals surface area contributed by atoms with Gasteiger partial charge in [0.1, 0.15) is 44.7 Å². The zero-order valence-electron chi connectivity index (χ0n) is 79.3. The molecule has 0 saturated heterocycles. The smallest absolute Gasteiger partial charge is 0.137 e. The molecule has 0 saturated carbocycles. The Morgan fingerprint density at radius 3 is 0.842 bits per heavy atom. The van der Waals surface area contributed by atoms with E-state index in [4.69, 9.17) is 17.7 Å². The van der Waals surface area contributed by atoms with E-state index in [0.29, 0.717) is 0 Å². The molecule has 33 aromatic rings. The summed E-state index contributed by atoms with van der Waals surface area (Å²) in [6.45, 7) is 4.68. The lowest BCUT2D eigenvalue weighted by Crippen LogP contribution is -2.15. The van der Waals surface area contributed by atoms with E-state index in [2.05, 4.69) is 466 Å². The van der Waals surface area contributed by atoms with E-state index in [1.165, 1.54) is 195 Å². The summed E-state index contributed by atoms with van der Waals surface area (Å²) in [5.74, 6) is 0. The van der Waals surface area contributed by atoms with E-state index in [9.17, 15) is 0 Å². The van der Waals surface area contributed by atoms with Gasteiger partial charge in [-0.1, -0.05) is 287 Å². The van der Waals surface area contributed by atoms with Crippen LogP contribution in [0.3, 0.4) is 0 Å². The third-order valence-electron chi connectivity index (χ3n) is 31.0. The zero-order valence-corrected chi connectivity index (χ0v) is 80.1. The van der Waals surface area contributed by atoms with Crippen molar-refractivity contribution in [2.24, 2.45) is 0 Å². The number of hydrogen-bond donors (Lipinski definition) is 0. The van der Waals surface area contributed by atoms with Crippen molar-refractivity contribution in [3.63, 3.8) is 0 Å². The van der Waals surface area contributed by atoms with Gasteiger partial charge in [0, 0.05) is 192 Å². The van der Waals surface area contributed by atoms with Crippen LogP contribution < -0.4 is 0 Å². The molecule has 0 radical (unpaired) electrons. The quantitative estimate of drug-likeness (QED) is 0.166. The maximum atomic E-state index is 6.32. The maximum Gasteiger partial charge on any atom is 0.137 e. The van der Waals surface area contributed by atoms with E-state index >= 15 is 0 Å². The second-order valence-corrected chi connectivity index (χ2v) is 40.3. The van der Waals surface area contributed by atoms with Crippen molar-refractivity contribution in [2.75, 3.05) is 0 Å². The third-order valence-corrected chi connectivity index (χ3v) is 32.1. The maximum absolute atomic E-state index is 6.32. The van der Waals surface area contributed by atoms with E-state index in [1.807, 2.05) is 59.9 Å². The average molecular weight is 1890 g/mol. The number of para-hydroxylation sites is 12. The van der Waals surface area contributed by atoms with Gasteiger partial charge in [-0.2, -0.15) is 0 Å². The highest BCUT2D eigenvalue weighted by atomic mass is 32.1. The molecule has 1 aliphatic rings. The zero-order chi connectivity index (χ0) is 95.8. The average Bonchev–Trinajstić information content (AvgIpc) is 1.57. The molecular weight excluding hydrogens is 1800 g/mol. The lowest BCUT2D eigenvalue weighted by Gasteiger charge is -2.22. The van der Waals surface area contributed by atoms with E-state index < -0.39 is 0 Å². The number of fused-ring (bicyclic) bond motifs is 36. The fourth-order valence-corrected chi connectivity index (χ4v) is 25.5. The van der Waals surface area contributed by atoms with Gasteiger partial charge in [0.15, 0.2) is 0 Å². The number of benzene rings is 22. The van der Waals surface area contributed by atoms with Gasteiger partial charge >= 0.3 is 0 Å². The first-order chi connectivity index (χ1) is 72.2. The van der Waals surface area contributed by atoms with Crippen molar-refractivity contribution in [3.05, 3.63) is 484 Å². The largest absolute Gasteiger partial charge is 0.456 e. The molecule has 10 nitrogen and oxygen atoms in total. The van der Waals surface area contributed by atoms with Crippen LogP contribution in [0.5, 0.6) is 0 Å². The van der Waals surface area contributed by atoms with Gasteiger partial charge in [0.05, 0.1) is 66.2 Å². The highest BCUT2D eigenvalue weighted by Crippen LogP contribution is 2.52. The molecule has 0 aliphatic heterocycles. The Hall–Kier alpha value is -18.9. The molecule has 1 aliphatic carbocycles. The van der Waals surface area contributed by atoms with Crippen molar-refractivity contribution < 1.29 is 17.7 Å². The molecule has 22 aromatic carbocycles. The summed E-state index contributed by atoms with van der Waals surface area (Å²) in [7, 11) is 0. The Kier molecular flexibility index (Phi) is 17.7. The second kappa shape index (κ2) is 31.5. The van der Waals surface area contributed by atoms with Crippen LogP contribution in [0.2, 0.25) is 0 Å². The lowest BCUT2D eigenvalue weighted by molar-refractivity contribution is 0.660. The fraction of sp³-hybridized carbons (Fsp3) is 0.0222. The van der Waals surface area contributed by atoms with Crippen molar-refractivity contribution in [2.45, 2.75) is 19.3 Å². The standard InChI is InChI=1S/2C36H22N2O.C33H23NO.C30H17NOS/c1-2-10-23(11-3-1)37-31-15-7-4-12-25(31)27-19-18-24(20-33(27)37)38-32-16-8-5-13-26(32)29-21-30-28-14-6-9-17-35(28)39-36(30)22-34(29)38;1-2-10-23(11-3-1)37-31-15-7-4-12-25(31)28-20-24(18-19-33(28)37)38-32-16-8-5-13-26(32)29-21-30-27-14-6-9-17-35(27)39-36(30)22-34(29)38;1-33(2)27-12-6-3-9-21(27)22-16-15-20(17-28(22)33)34-29-13-7-4-10-23(29)25-18-26-24-11-5-8-14-31(24)35-32(26)19-30(25)34;1-4-10-25-19(7-1)22-16-23-20-8-2-5-11-27(20)32-28(23)17-26(22)31(25)18-13-14-30-24(15-18)21-9-3-6-12-29(21)33-30/h2*1-22H;3-19H,1-2H3;1-17H. The van der Waals surface area contributed by atoms with Crippen LogP contribution in [0.25, 0.3) is 284 Å². The monoisotopic (exact) mass is 1880 g/mol. The number of hydrogen-bond acceptors (Lipinski definition) is 5. The molecule has 34 rings (SSSR count). The summed E-state index contributed by atoms with van der Waals surface area (Å²) >= 11 is 1.85. The minimum Gasteiger partial charge on any atom is -0.456 e. The van der Waals surface area contributed by atoms with Gasteiger partial charge in [-0.15, -0.1) is 11.3 Å². The van der Waals surface area contributed by atoms with Crippen LogP contribution in [-0.2, 0) is 5.41 Å². The molecule has 0 spiro atoms. The Morgan fingerprint density at radius 1 is 0.151 bits per heavy atom. The first-order valence-corrected chi connectivity index (χ1v) is 50.7. The van der Waals surface area contributed by atoms with Gasteiger partial charge in [0.25, 0.3) is 0 Å². The number of rotatable bonds is 6. The minimum absolute atomic E-state index is 0.0350. The molecule has 0 fully saturated rings. The van der Waals surface area contributed by atoms with E-state index in [0.717, 1.165) is 99.7 Å². The van der Waals surface area contributed by atoms with Crippen molar-refractivity contribution >= 4 is 250 Å². The molecule has 684 valence electrons. The van der Waals surface area contributed by atoms with Crippen LogP contribution in [0.4, 0.5) is 0 Å². The number of thiophene rings is 1. The van der Waals surface area contributed by atoms with Crippen LogP contribution in [-0.4, -0.2) is 27.4 Å². The minimum atomic E-state index is -0.0350. The SMILES string of the molecule is CC1(C)c2ccccc2-c2ccc(-n3c4ccccc4c4cc5c(cc43)oc3ccccc35)cc21.c1ccc(-n2c3ccccc3c3cc(-n4c5ccccc5c5cc6c(cc54)oc4ccccc46)ccc32)cc1.c1ccc(-n2c3ccccc3c3ccc(-n4c5ccccc5c5cc6c(cc54)oc4ccccc46)cc32)cc1.c1ccc2c(c1)oc1cc3c(cc12)c1ccccc1n3-c1ccc2sc3ccccc3c2c1. The molecule has 0 atom stereocenters. The second-order valence-electron chi connectivity index (χ2n) is 39.2. The first-order valence-electron chi connectivity index (χ1n) is 49.9. The van der Waals surface area contributed by atoms with Crippen molar-refractivity contribution in [3.8, 4) is 45.3 Å². The predicted octanol–water partition coefficient (Wildman–Crippen LogP) is 37.6.